The van der Waals surface area contributed by atoms with Gasteiger partial charge < -0.3 is 4.90 Å². The third-order valence-electron chi connectivity index (χ3n) is 3.98. The predicted molar refractivity (Wildman–Crippen MR) is 88.5 cm³/mol. The number of aryl methyl sites for hydroxylation is 1. The van der Waals surface area contributed by atoms with Crippen molar-refractivity contribution in [2.24, 2.45) is 0 Å². The minimum Gasteiger partial charge on any atom is -0.366 e. The number of hydrogen-bond acceptors (Lipinski definition) is 4. The molecule has 0 unspecified atom stereocenters. The summed E-state index contributed by atoms with van der Waals surface area (Å²) in [6.45, 7) is 6.64. The summed E-state index contributed by atoms with van der Waals surface area (Å²) < 4.78 is 0. The van der Waals surface area contributed by atoms with E-state index in [-0.39, 0.29) is 10.6 Å². The van der Waals surface area contributed by atoms with Crippen LogP contribution in [0.15, 0.2) is 35.3 Å². The molecule has 0 radical (unpaired) electrons. The molecule has 0 aliphatic carbocycles. The normalized spacial score (nSPS) is 16.0. The molecule has 22 heavy (non-hydrogen) atoms. The van der Waals surface area contributed by atoms with E-state index in [2.05, 4.69) is 51.2 Å². The van der Waals surface area contributed by atoms with Gasteiger partial charge in [-0.25, -0.2) is 5.10 Å². The van der Waals surface area contributed by atoms with E-state index in [9.17, 15) is 4.79 Å². The quantitative estimate of drug-likeness (QED) is 0.941. The molecule has 1 aromatic carbocycles. The fraction of sp³-hybridized carbons (Fsp3) is 0.375. The first-order valence-corrected chi connectivity index (χ1v) is 7.77. The zero-order valence-electron chi connectivity index (χ0n) is 12.6. The molecule has 1 saturated heterocycles. The molecule has 0 bridgehead atoms. The number of benzene rings is 1. The van der Waals surface area contributed by atoms with Gasteiger partial charge in [0.05, 0.1) is 11.9 Å². The second-order valence-electron chi connectivity index (χ2n) is 5.65. The SMILES string of the molecule is Cc1cccc(CN2CCN(c3cn[nH]c(=O)c3Cl)CC2)c1. The number of anilines is 1. The van der Waals surface area contributed by atoms with Gasteiger partial charge in [0.2, 0.25) is 0 Å². The molecule has 3 rings (SSSR count). The van der Waals surface area contributed by atoms with Crippen molar-refractivity contribution >= 4 is 17.3 Å². The molecule has 2 aromatic rings. The molecule has 0 amide bonds. The third-order valence-corrected chi connectivity index (χ3v) is 4.34. The van der Waals surface area contributed by atoms with Crippen LogP contribution < -0.4 is 10.5 Å². The number of rotatable bonds is 3. The van der Waals surface area contributed by atoms with Crippen LogP contribution in [0.25, 0.3) is 0 Å². The maximum atomic E-state index is 11.5. The third kappa shape index (κ3) is 3.31. The van der Waals surface area contributed by atoms with Crippen LogP contribution in [0.1, 0.15) is 11.1 Å². The second-order valence-corrected chi connectivity index (χ2v) is 6.03. The number of hydrogen-bond donors (Lipinski definition) is 1. The first-order chi connectivity index (χ1) is 10.6. The molecular weight excluding hydrogens is 300 g/mol. The van der Waals surface area contributed by atoms with E-state index in [0.29, 0.717) is 0 Å². The lowest BCUT2D eigenvalue weighted by molar-refractivity contribution is 0.250. The largest absolute Gasteiger partial charge is 0.366 e. The van der Waals surface area contributed by atoms with E-state index in [1.807, 2.05) is 0 Å². The van der Waals surface area contributed by atoms with Gasteiger partial charge in [-0.3, -0.25) is 9.69 Å². The number of piperazine rings is 1. The Morgan fingerprint density at radius 3 is 2.77 bits per heavy atom. The van der Waals surface area contributed by atoms with E-state index < -0.39 is 0 Å². The van der Waals surface area contributed by atoms with Crippen LogP contribution in [0.2, 0.25) is 5.02 Å². The molecule has 1 fully saturated rings. The van der Waals surface area contributed by atoms with Gasteiger partial charge in [0.1, 0.15) is 5.02 Å². The van der Waals surface area contributed by atoms with Crippen LogP contribution in [-0.4, -0.2) is 41.3 Å². The lowest BCUT2D eigenvalue weighted by Gasteiger charge is -2.36. The molecule has 2 heterocycles. The Bertz CT molecular complexity index is 707. The Morgan fingerprint density at radius 1 is 1.27 bits per heavy atom. The van der Waals surface area contributed by atoms with Crippen molar-refractivity contribution in [1.82, 2.24) is 15.1 Å². The molecule has 6 heteroatoms. The first kappa shape index (κ1) is 15.1. The number of aromatic amines is 1. The zero-order chi connectivity index (χ0) is 15.5. The summed E-state index contributed by atoms with van der Waals surface area (Å²) in [6.07, 6.45) is 1.62. The molecule has 0 saturated carbocycles. The Balaban J connectivity index is 1.63. The van der Waals surface area contributed by atoms with Gasteiger partial charge in [0.25, 0.3) is 5.56 Å². The molecule has 1 aromatic heterocycles. The number of nitrogens with one attached hydrogen (secondary N) is 1. The van der Waals surface area contributed by atoms with Crippen molar-refractivity contribution in [3.63, 3.8) is 0 Å². The number of halogens is 1. The summed E-state index contributed by atoms with van der Waals surface area (Å²) in [5.74, 6) is 0. The van der Waals surface area contributed by atoms with E-state index >= 15 is 0 Å². The lowest BCUT2D eigenvalue weighted by Crippen LogP contribution is -2.46. The summed E-state index contributed by atoms with van der Waals surface area (Å²) in [7, 11) is 0. The minimum absolute atomic E-state index is 0.224. The van der Waals surface area contributed by atoms with Crippen LogP contribution in [0, 0.1) is 6.92 Å². The zero-order valence-corrected chi connectivity index (χ0v) is 13.3. The number of aromatic nitrogens is 2. The second kappa shape index (κ2) is 6.50. The summed E-state index contributed by atoms with van der Waals surface area (Å²) in [5, 5.41) is 6.41. The molecule has 1 aliphatic rings. The maximum absolute atomic E-state index is 11.5. The smallest absolute Gasteiger partial charge is 0.285 e. The molecule has 5 nitrogen and oxygen atoms in total. The number of nitrogens with zero attached hydrogens (tertiary/aromatic N) is 3. The Kier molecular flexibility index (Phi) is 4.45. The Labute approximate surface area is 134 Å². The van der Waals surface area contributed by atoms with Gasteiger partial charge in [0.15, 0.2) is 0 Å². The topological polar surface area (TPSA) is 52.2 Å². The van der Waals surface area contributed by atoms with Crippen LogP contribution in [0.5, 0.6) is 0 Å². The highest BCUT2D eigenvalue weighted by atomic mass is 35.5. The van der Waals surface area contributed by atoms with Crippen molar-refractivity contribution < 1.29 is 0 Å². The van der Waals surface area contributed by atoms with Gasteiger partial charge >= 0.3 is 0 Å². The molecule has 0 spiro atoms. The van der Waals surface area contributed by atoms with E-state index in [0.717, 1.165) is 38.4 Å². The monoisotopic (exact) mass is 318 g/mol. The van der Waals surface area contributed by atoms with Crippen LogP contribution in [-0.2, 0) is 6.54 Å². The van der Waals surface area contributed by atoms with E-state index in [4.69, 9.17) is 11.6 Å². The minimum atomic E-state index is -0.332. The van der Waals surface area contributed by atoms with Crippen LogP contribution in [0.4, 0.5) is 5.69 Å². The lowest BCUT2D eigenvalue weighted by atomic mass is 10.1. The molecule has 116 valence electrons. The van der Waals surface area contributed by atoms with Gasteiger partial charge in [-0.05, 0) is 12.5 Å². The van der Waals surface area contributed by atoms with Gasteiger partial charge in [0, 0.05) is 32.7 Å². The average Bonchev–Trinajstić information content (AvgIpc) is 2.51. The fourth-order valence-corrected chi connectivity index (χ4v) is 3.02. The molecular formula is C16H19ClN4O. The highest BCUT2D eigenvalue weighted by molar-refractivity contribution is 6.32. The Morgan fingerprint density at radius 2 is 2.05 bits per heavy atom. The molecule has 1 N–H and O–H groups in total. The van der Waals surface area contributed by atoms with Crippen molar-refractivity contribution in [3.8, 4) is 0 Å². The van der Waals surface area contributed by atoms with Crippen molar-refractivity contribution in [2.75, 3.05) is 31.1 Å². The van der Waals surface area contributed by atoms with Gasteiger partial charge in [-0.1, -0.05) is 41.4 Å². The van der Waals surface area contributed by atoms with Crippen LogP contribution >= 0.6 is 11.6 Å². The number of H-pyrrole nitrogens is 1. The molecule has 0 atom stereocenters. The first-order valence-electron chi connectivity index (χ1n) is 7.39. The Hall–Kier alpha value is -1.85. The fourth-order valence-electron chi connectivity index (χ4n) is 2.81. The highest BCUT2D eigenvalue weighted by Crippen LogP contribution is 2.22. The van der Waals surface area contributed by atoms with Crippen molar-refractivity contribution in [3.05, 3.63) is 57.0 Å². The average molecular weight is 319 g/mol. The maximum Gasteiger partial charge on any atom is 0.285 e. The standard InChI is InChI=1S/C16H19ClN4O/c1-12-3-2-4-13(9-12)11-20-5-7-21(8-6-20)14-10-18-19-16(22)15(14)17/h2-4,9-10H,5-8,11H2,1H3,(H,19,22). The summed E-state index contributed by atoms with van der Waals surface area (Å²) in [4.78, 5) is 16.1. The predicted octanol–water partition coefficient (Wildman–Crippen LogP) is 2.05. The van der Waals surface area contributed by atoms with Crippen molar-refractivity contribution in [2.45, 2.75) is 13.5 Å². The van der Waals surface area contributed by atoms with Gasteiger partial charge in [-0.15, -0.1) is 0 Å². The van der Waals surface area contributed by atoms with Gasteiger partial charge in [-0.2, -0.15) is 5.10 Å². The molecule has 1 aliphatic heterocycles. The van der Waals surface area contributed by atoms with E-state index in [1.165, 1.54) is 11.1 Å². The van der Waals surface area contributed by atoms with Crippen molar-refractivity contribution in [1.29, 1.82) is 0 Å². The summed E-state index contributed by atoms with van der Waals surface area (Å²) in [5.41, 5.74) is 3.02. The summed E-state index contributed by atoms with van der Waals surface area (Å²) in [6, 6.07) is 8.60. The van der Waals surface area contributed by atoms with Crippen LogP contribution in [0.3, 0.4) is 0 Å². The van der Waals surface area contributed by atoms with E-state index in [1.54, 1.807) is 6.20 Å². The highest BCUT2D eigenvalue weighted by Gasteiger charge is 2.20. The summed E-state index contributed by atoms with van der Waals surface area (Å²) >= 11 is 6.07.